The summed E-state index contributed by atoms with van der Waals surface area (Å²) in [5, 5.41) is 7.14. The third-order valence-electron chi connectivity index (χ3n) is 4.75. The van der Waals surface area contributed by atoms with E-state index in [2.05, 4.69) is 15.4 Å². The lowest BCUT2D eigenvalue weighted by Gasteiger charge is -2.32. The molecular formula is C21H19F2N5O2S. The summed E-state index contributed by atoms with van der Waals surface area (Å²) in [7, 11) is 1.79. The highest BCUT2D eigenvalue weighted by Crippen LogP contribution is 2.38. The van der Waals surface area contributed by atoms with Crippen molar-refractivity contribution in [3.63, 3.8) is 0 Å². The zero-order valence-corrected chi connectivity index (χ0v) is 17.6. The van der Waals surface area contributed by atoms with Gasteiger partial charge in [-0.25, -0.2) is 13.8 Å². The number of hydrogen-bond donors (Lipinski definition) is 1. The molecule has 1 aromatic carbocycles. The first kappa shape index (κ1) is 21.0. The van der Waals surface area contributed by atoms with Gasteiger partial charge in [0.05, 0.1) is 35.3 Å². The van der Waals surface area contributed by atoms with Crippen LogP contribution >= 0.6 is 11.8 Å². The van der Waals surface area contributed by atoms with Crippen molar-refractivity contribution in [1.29, 1.82) is 0 Å². The molecule has 4 rings (SSSR count). The number of carbonyl (C=O) groups excluding carboxylic acids is 2. The molecule has 0 radical (unpaired) electrons. The molecule has 3 aromatic rings. The number of amides is 2. The molecule has 1 N–H and O–H groups in total. The van der Waals surface area contributed by atoms with Crippen LogP contribution in [-0.2, 0) is 24.9 Å². The maximum Gasteiger partial charge on any atom is 0.253 e. The predicted molar refractivity (Wildman–Crippen MR) is 111 cm³/mol. The minimum atomic E-state index is -0.720. The SMILES string of the molecule is CC1Sc2ncc(C(=O)NCc3ccn(C)n3)cc2N(Cc2cc(F)cc(F)c2)C1=O. The first-order valence-electron chi connectivity index (χ1n) is 9.50. The van der Waals surface area contributed by atoms with Gasteiger partial charge in [0.2, 0.25) is 5.91 Å². The number of rotatable bonds is 5. The van der Waals surface area contributed by atoms with Crippen LogP contribution in [0, 0.1) is 11.6 Å². The van der Waals surface area contributed by atoms with Crippen LogP contribution in [0.4, 0.5) is 14.5 Å². The lowest BCUT2D eigenvalue weighted by molar-refractivity contribution is -0.118. The van der Waals surface area contributed by atoms with Gasteiger partial charge in [-0.1, -0.05) is 11.8 Å². The summed E-state index contributed by atoms with van der Waals surface area (Å²) in [4.78, 5) is 31.2. The Morgan fingerprint density at radius 2 is 1.97 bits per heavy atom. The van der Waals surface area contributed by atoms with Crippen LogP contribution in [0.2, 0.25) is 0 Å². The molecule has 0 spiro atoms. The van der Waals surface area contributed by atoms with Gasteiger partial charge >= 0.3 is 0 Å². The molecule has 0 bridgehead atoms. The van der Waals surface area contributed by atoms with Gasteiger partial charge in [0.25, 0.3) is 5.91 Å². The molecule has 2 amide bonds. The van der Waals surface area contributed by atoms with E-state index in [0.29, 0.717) is 22.0 Å². The second-order valence-electron chi connectivity index (χ2n) is 7.17. The fraction of sp³-hybridized carbons (Fsp3) is 0.238. The van der Waals surface area contributed by atoms with Crippen molar-refractivity contribution in [2.75, 3.05) is 4.90 Å². The average Bonchev–Trinajstić information content (AvgIpc) is 3.14. The first-order valence-corrected chi connectivity index (χ1v) is 10.4. The largest absolute Gasteiger partial charge is 0.346 e. The number of benzene rings is 1. The first-order chi connectivity index (χ1) is 14.8. The van der Waals surface area contributed by atoms with Crippen LogP contribution in [0.1, 0.15) is 28.5 Å². The summed E-state index contributed by atoms with van der Waals surface area (Å²) in [6, 6.07) is 6.50. The number of halogens is 2. The quantitative estimate of drug-likeness (QED) is 0.656. The van der Waals surface area contributed by atoms with Gasteiger partial charge in [-0.15, -0.1) is 0 Å². The number of aryl methyl sites for hydroxylation is 1. The molecule has 0 aliphatic carbocycles. The number of carbonyl (C=O) groups is 2. The fourth-order valence-electron chi connectivity index (χ4n) is 3.28. The number of fused-ring (bicyclic) bond motifs is 1. The summed E-state index contributed by atoms with van der Waals surface area (Å²) in [5.41, 5.74) is 1.72. The molecule has 0 fully saturated rings. The number of hydrogen-bond acceptors (Lipinski definition) is 5. The molecule has 1 aliphatic rings. The van der Waals surface area contributed by atoms with Crippen molar-refractivity contribution in [2.45, 2.75) is 30.3 Å². The Morgan fingerprint density at radius 1 is 1.23 bits per heavy atom. The zero-order chi connectivity index (χ0) is 22.1. The molecule has 1 aliphatic heterocycles. The van der Waals surface area contributed by atoms with Crippen molar-refractivity contribution in [1.82, 2.24) is 20.1 Å². The Balaban J connectivity index is 1.60. The zero-order valence-electron chi connectivity index (χ0n) is 16.8. The summed E-state index contributed by atoms with van der Waals surface area (Å²) >= 11 is 1.28. The minimum Gasteiger partial charge on any atom is -0.346 e. The third kappa shape index (κ3) is 4.58. The third-order valence-corrected chi connectivity index (χ3v) is 5.84. The minimum absolute atomic E-state index is 0.0356. The van der Waals surface area contributed by atoms with E-state index in [1.165, 1.54) is 35.0 Å². The van der Waals surface area contributed by atoms with Crippen LogP contribution in [-0.4, -0.2) is 31.8 Å². The van der Waals surface area contributed by atoms with Crippen molar-refractivity contribution >= 4 is 29.3 Å². The van der Waals surface area contributed by atoms with Crippen molar-refractivity contribution in [3.05, 3.63) is 71.2 Å². The molecule has 31 heavy (non-hydrogen) atoms. The average molecular weight is 443 g/mol. The topological polar surface area (TPSA) is 80.1 Å². The molecule has 2 aromatic heterocycles. The van der Waals surface area contributed by atoms with E-state index in [1.54, 1.807) is 37.0 Å². The van der Waals surface area contributed by atoms with E-state index in [1.807, 2.05) is 0 Å². The van der Waals surface area contributed by atoms with Gasteiger partial charge in [-0.3, -0.25) is 14.3 Å². The summed E-state index contributed by atoms with van der Waals surface area (Å²) in [6.07, 6.45) is 3.22. The van der Waals surface area contributed by atoms with Crippen molar-refractivity contribution in [3.8, 4) is 0 Å². The molecule has 160 valence electrons. The lowest BCUT2D eigenvalue weighted by Crippen LogP contribution is -2.40. The van der Waals surface area contributed by atoms with Crippen LogP contribution in [0.5, 0.6) is 0 Å². The highest BCUT2D eigenvalue weighted by molar-refractivity contribution is 8.00. The highest BCUT2D eigenvalue weighted by Gasteiger charge is 2.32. The molecule has 0 saturated heterocycles. The molecule has 0 saturated carbocycles. The number of nitrogens with one attached hydrogen (secondary N) is 1. The summed E-state index contributed by atoms with van der Waals surface area (Å²) in [6.45, 7) is 1.95. The van der Waals surface area contributed by atoms with E-state index in [4.69, 9.17) is 0 Å². The van der Waals surface area contributed by atoms with Gasteiger partial charge in [0, 0.05) is 25.5 Å². The molecule has 1 unspecified atom stereocenters. The lowest BCUT2D eigenvalue weighted by atomic mass is 10.1. The van der Waals surface area contributed by atoms with E-state index < -0.39 is 16.9 Å². The number of aromatic nitrogens is 3. The summed E-state index contributed by atoms with van der Waals surface area (Å²) in [5.74, 6) is -2.03. The monoisotopic (exact) mass is 443 g/mol. The predicted octanol–water partition coefficient (Wildman–Crippen LogP) is 3.05. The molecule has 3 heterocycles. The Hall–Kier alpha value is -3.27. The maximum atomic E-state index is 13.6. The summed E-state index contributed by atoms with van der Waals surface area (Å²) < 4.78 is 28.9. The van der Waals surface area contributed by atoms with Crippen molar-refractivity contribution < 1.29 is 18.4 Å². The smallest absolute Gasteiger partial charge is 0.253 e. The van der Waals surface area contributed by atoms with E-state index in [0.717, 1.165) is 6.07 Å². The van der Waals surface area contributed by atoms with Gasteiger partial charge in [-0.2, -0.15) is 5.10 Å². The van der Waals surface area contributed by atoms with Crippen LogP contribution < -0.4 is 10.2 Å². The van der Waals surface area contributed by atoms with Gasteiger partial charge in [0.15, 0.2) is 0 Å². The standard InChI is InChI=1S/C21H19F2N5O2S/c1-12-21(30)28(11-13-5-15(22)8-16(23)6-13)18-7-14(9-25-20(18)31-12)19(29)24-10-17-3-4-27(2)26-17/h3-9,12H,10-11H2,1-2H3,(H,24,29). The molecular weight excluding hydrogens is 424 g/mol. The fourth-order valence-corrected chi connectivity index (χ4v) is 4.25. The number of thioether (sulfide) groups is 1. The highest BCUT2D eigenvalue weighted by atomic mass is 32.2. The van der Waals surface area contributed by atoms with Crippen LogP contribution in [0.25, 0.3) is 0 Å². The van der Waals surface area contributed by atoms with E-state index >= 15 is 0 Å². The van der Waals surface area contributed by atoms with Gasteiger partial charge in [-0.05, 0) is 36.8 Å². The molecule has 1 atom stereocenters. The Labute approximate surface area is 181 Å². The van der Waals surface area contributed by atoms with Crippen LogP contribution in [0.15, 0.2) is 47.8 Å². The maximum absolute atomic E-state index is 13.6. The Morgan fingerprint density at radius 3 is 2.65 bits per heavy atom. The normalized spacial score (nSPS) is 15.7. The van der Waals surface area contributed by atoms with Gasteiger partial charge in [0.1, 0.15) is 16.7 Å². The molecule has 10 heteroatoms. The second kappa shape index (κ2) is 8.46. The molecule has 7 nitrogen and oxygen atoms in total. The number of nitrogens with zero attached hydrogens (tertiary/aromatic N) is 4. The number of pyridine rings is 1. The van der Waals surface area contributed by atoms with E-state index in [-0.39, 0.29) is 30.5 Å². The van der Waals surface area contributed by atoms with Crippen molar-refractivity contribution in [2.24, 2.45) is 7.05 Å². The Kier molecular flexibility index (Phi) is 5.73. The van der Waals surface area contributed by atoms with Crippen LogP contribution in [0.3, 0.4) is 0 Å². The number of anilines is 1. The van der Waals surface area contributed by atoms with Gasteiger partial charge < -0.3 is 10.2 Å². The Bertz CT molecular complexity index is 1150. The second-order valence-corrected chi connectivity index (χ2v) is 8.50. The van der Waals surface area contributed by atoms with E-state index in [9.17, 15) is 18.4 Å².